The van der Waals surface area contributed by atoms with Crippen LogP contribution in [0.2, 0.25) is 0 Å². The van der Waals surface area contributed by atoms with Gasteiger partial charge in [0.15, 0.2) is 0 Å². The first-order chi connectivity index (χ1) is 8.20. The van der Waals surface area contributed by atoms with Crippen LogP contribution in [0.1, 0.15) is 6.92 Å². The Morgan fingerprint density at radius 1 is 1.39 bits per heavy atom. The Balaban J connectivity index is 2.86. The summed E-state index contributed by atoms with van der Waals surface area (Å²) in [6.45, 7) is 2.67. The summed E-state index contributed by atoms with van der Waals surface area (Å²) in [7, 11) is 0.0990. The first-order valence-corrected chi connectivity index (χ1v) is 6.98. The molecule has 18 heavy (non-hydrogen) atoms. The molecule has 102 valence electrons. The molecule has 7 heteroatoms. The van der Waals surface area contributed by atoms with Crippen molar-refractivity contribution in [2.24, 2.45) is 5.14 Å². The Morgan fingerprint density at radius 3 is 2.44 bits per heavy atom. The van der Waals surface area contributed by atoms with Crippen LogP contribution in [-0.4, -0.2) is 40.1 Å². The highest BCUT2D eigenvalue weighted by molar-refractivity contribution is 7.89. The number of likely N-dealkylation sites (N-methyl/N-ethyl adjacent to an activating group) is 1. The minimum Gasteiger partial charge on any atom is -0.489 e. The minimum absolute atomic E-state index is 0.0280. The van der Waals surface area contributed by atoms with Gasteiger partial charge in [-0.15, -0.1) is 0 Å². The predicted molar refractivity (Wildman–Crippen MR) is 70.9 cm³/mol. The summed E-state index contributed by atoms with van der Waals surface area (Å²) in [6.07, 6.45) is -0.0280. The monoisotopic (exact) mass is 273 g/mol. The highest BCUT2D eigenvalue weighted by Gasteiger charge is 2.13. The quantitative estimate of drug-likeness (QED) is 0.749. The molecule has 1 rings (SSSR count). The molecule has 0 aliphatic heterocycles. The van der Waals surface area contributed by atoms with E-state index in [0.717, 1.165) is 6.54 Å². The van der Waals surface area contributed by atoms with E-state index in [1.807, 2.05) is 25.9 Å². The summed E-state index contributed by atoms with van der Waals surface area (Å²) in [5, 5.41) is 5.02. The second kappa shape index (κ2) is 5.55. The Kier molecular flexibility index (Phi) is 4.55. The van der Waals surface area contributed by atoms with Crippen molar-refractivity contribution in [1.29, 1.82) is 0 Å². The fourth-order valence-corrected chi connectivity index (χ4v) is 2.29. The van der Waals surface area contributed by atoms with E-state index in [2.05, 4.69) is 0 Å². The van der Waals surface area contributed by atoms with E-state index < -0.39 is 10.0 Å². The number of primary sulfonamides is 1. The number of hydrogen-bond acceptors (Lipinski definition) is 5. The first kappa shape index (κ1) is 14.7. The number of anilines is 1. The average molecular weight is 273 g/mol. The summed E-state index contributed by atoms with van der Waals surface area (Å²) in [5.41, 5.74) is 5.72. The molecule has 1 atom stereocenters. The van der Waals surface area contributed by atoms with E-state index in [0.29, 0.717) is 5.75 Å². The number of ether oxygens (including phenoxy) is 1. The van der Waals surface area contributed by atoms with Crippen LogP contribution < -0.4 is 15.6 Å². The molecule has 0 bridgehead atoms. The molecule has 0 saturated heterocycles. The van der Waals surface area contributed by atoms with Gasteiger partial charge in [-0.1, -0.05) is 0 Å². The van der Waals surface area contributed by atoms with Crippen LogP contribution in [0.15, 0.2) is 23.1 Å². The van der Waals surface area contributed by atoms with Gasteiger partial charge in [0.25, 0.3) is 0 Å². The zero-order valence-corrected chi connectivity index (χ0v) is 11.6. The number of nitrogen functional groups attached to an aromatic ring is 1. The Labute approximate surface area is 108 Å². The van der Waals surface area contributed by atoms with Crippen molar-refractivity contribution in [3.63, 3.8) is 0 Å². The van der Waals surface area contributed by atoms with Gasteiger partial charge in [-0.2, -0.15) is 0 Å². The molecule has 4 N–H and O–H groups in total. The smallest absolute Gasteiger partial charge is 0.240 e. The topological polar surface area (TPSA) is 98.6 Å². The molecule has 1 aromatic carbocycles. The minimum atomic E-state index is -3.79. The molecule has 0 spiro atoms. The third-order valence-corrected chi connectivity index (χ3v) is 3.23. The number of rotatable bonds is 5. The van der Waals surface area contributed by atoms with Crippen LogP contribution >= 0.6 is 0 Å². The van der Waals surface area contributed by atoms with Crippen molar-refractivity contribution in [3.05, 3.63) is 18.2 Å². The maximum Gasteiger partial charge on any atom is 0.240 e. The van der Waals surface area contributed by atoms with E-state index in [-0.39, 0.29) is 16.7 Å². The van der Waals surface area contributed by atoms with Crippen LogP contribution in [0.4, 0.5) is 5.69 Å². The lowest BCUT2D eigenvalue weighted by Crippen LogP contribution is -2.28. The summed E-state index contributed by atoms with van der Waals surface area (Å²) in [4.78, 5) is 1.90. The maximum absolute atomic E-state index is 11.2. The average Bonchev–Trinajstić information content (AvgIpc) is 2.13. The lowest BCUT2D eigenvalue weighted by atomic mass is 10.3. The molecule has 0 heterocycles. The zero-order valence-electron chi connectivity index (χ0n) is 10.8. The normalized spacial score (nSPS) is 13.6. The third kappa shape index (κ3) is 4.17. The van der Waals surface area contributed by atoms with Crippen molar-refractivity contribution >= 4 is 15.7 Å². The largest absolute Gasteiger partial charge is 0.489 e. The van der Waals surface area contributed by atoms with Gasteiger partial charge < -0.3 is 15.4 Å². The fraction of sp³-hybridized carbons (Fsp3) is 0.455. The molecular weight excluding hydrogens is 254 g/mol. The number of sulfonamides is 1. The van der Waals surface area contributed by atoms with Gasteiger partial charge in [0.1, 0.15) is 16.7 Å². The van der Waals surface area contributed by atoms with Crippen LogP contribution in [0.25, 0.3) is 0 Å². The first-order valence-electron chi connectivity index (χ1n) is 5.44. The van der Waals surface area contributed by atoms with Crippen molar-refractivity contribution in [2.75, 3.05) is 26.4 Å². The van der Waals surface area contributed by atoms with Gasteiger partial charge in [0, 0.05) is 12.6 Å². The lowest BCUT2D eigenvalue weighted by molar-refractivity contribution is 0.177. The fourth-order valence-electron chi connectivity index (χ4n) is 1.64. The van der Waals surface area contributed by atoms with Crippen molar-refractivity contribution in [2.45, 2.75) is 17.9 Å². The summed E-state index contributed by atoms with van der Waals surface area (Å²) in [6, 6.07) is 4.36. The molecule has 0 aliphatic carbocycles. The third-order valence-electron chi connectivity index (χ3n) is 2.25. The number of benzene rings is 1. The highest BCUT2D eigenvalue weighted by Crippen LogP contribution is 2.23. The Morgan fingerprint density at radius 2 is 2.00 bits per heavy atom. The van der Waals surface area contributed by atoms with E-state index in [9.17, 15) is 8.42 Å². The van der Waals surface area contributed by atoms with Crippen LogP contribution in [0, 0.1) is 0 Å². The zero-order chi connectivity index (χ0) is 13.9. The second-order valence-corrected chi connectivity index (χ2v) is 5.97. The standard InChI is InChI=1S/C11H19N3O3S/c1-8(7-14(2)3)17-9-4-5-11(10(12)6-9)18(13,15)16/h4-6,8H,7,12H2,1-3H3,(H2,13,15,16). The van der Waals surface area contributed by atoms with Crippen LogP contribution in [0.3, 0.4) is 0 Å². The maximum atomic E-state index is 11.2. The molecule has 0 aliphatic rings. The van der Waals surface area contributed by atoms with Gasteiger partial charge in [-0.25, -0.2) is 13.6 Å². The molecule has 0 aromatic heterocycles. The molecule has 1 aromatic rings. The highest BCUT2D eigenvalue weighted by atomic mass is 32.2. The number of nitrogens with zero attached hydrogens (tertiary/aromatic N) is 1. The molecule has 0 saturated carbocycles. The van der Waals surface area contributed by atoms with Crippen molar-refractivity contribution < 1.29 is 13.2 Å². The summed E-state index contributed by atoms with van der Waals surface area (Å²) >= 11 is 0. The summed E-state index contributed by atoms with van der Waals surface area (Å²) < 4.78 is 28.0. The Hall–Kier alpha value is -1.31. The van der Waals surface area contributed by atoms with E-state index in [1.54, 1.807) is 6.07 Å². The predicted octanol–water partition coefficient (Wildman–Crippen LogP) is 0.245. The van der Waals surface area contributed by atoms with Crippen LogP contribution in [0.5, 0.6) is 5.75 Å². The lowest BCUT2D eigenvalue weighted by Gasteiger charge is -2.19. The van der Waals surface area contributed by atoms with Crippen LogP contribution in [-0.2, 0) is 10.0 Å². The van der Waals surface area contributed by atoms with Crippen molar-refractivity contribution in [3.8, 4) is 5.75 Å². The van der Waals surface area contributed by atoms with Gasteiger partial charge in [-0.3, -0.25) is 0 Å². The van der Waals surface area contributed by atoms with Gasteiger partial charge >= 0.3 is 0 Å². The second-order valence-electron chi connectivity index (χ2n) is 4.44. The van der Waals surface area contributed by atoms with Gasteiger partial charge in [0.05, 0.1) is 5.69 Å². The molecule has 0 radical (unpaired) electrons. The summed E-state index contributed by atoms with van der Waals surface area (Å²) in [5.74, 6) is 0.522. The number of nitrogens with two attached hydrogens (primary N) is 2. The molecule has 6 nitrogen and oxygen atoms in total. The van der Waals surface area contributed by atoms with E-state index in [1.165, 1.54) is 12.1 Å². The van der Waals surface area contributed by atoms with Crippen molar-refractivity contribution in [1.82, 2.24) is 4.90 Å². The van der Waals surface area contributed by atoms with E-state index in [4.69, 9.17) is 15.6 Å². The molecule has 0 amide bonds. The molecule has 0 fully saturated rings. The Bertz CT molecular complexity index is 514. The molecular formula is C11H19N3O3S. The number of hydrogen-bond donors (Lipinski definition) is 2. The molecule has 1 unspecified atom stereocenters. The van der Waals surface area contributed by atoms with Gasteiger partial charge in [-0.05, 0) is 33.2 Å². The van der Waals surface area contributed by atoms with Gasteiger partial charge in [0.2, 0.25) is 10.0 Å². The van der Waals surface area contributed by atoms with E-state index >= 15 is 0 Å². The SMILES string of the molecule is CC(CN(C)C)Oc1ccc(S(N)(=O)=O)c(N)c1.